The molecule has 3 heterocycles. The number of carbonyl (C=O) groups excluding carboxylic acids is 1. The van der Waals surface area contributed by atoms with Gasteiger partial charge in [-0.05, 0) is 18.1 Å². The summed E-state index contributed by atoms with van der Waals surface area (Å²) in [6, 6.07) is 20.0. The summed E-state index contributed by atoms with van der Waals surface area (Å²) in [5.74, 6) is -0.401. The van der Waals surface area contributed by atoms with Crippen molar-refractivity contribution in [2.24, 2.45) is 5.73 Å². The van der Waals surface area contributed by atoms with Crippen LogP contribution in [0.1, 0.15) is 39.7 Å². The Morgan fingerprint density at radius 2 is 1.65 bits per heavy atom. The highest BCUT2D eigenvalue weighted by Gasteiger charge is 2.44. The zero-order chi connectivity index (χ0) is 26.1. The van der Waals surface area contributed by atoms with Gasteiger partial charge in [-0.3, -0.25) is 9.36 Å². The SMILES string of the molecule is Cc1nc2c(NCC(c3ccccc3)c3ccccc3)nc(C(N)=O)nc2n1[C@@H]1O[C@H](CO)[C@@H](O)[C@H]1O. The van der Waals surface area contributed by atoms with Crippen LogP contribution in [0.15, 0.2) is 60.7 Å². The lowest BCUT2D eigenvalue weighted by Crippen LogP contribution is -2.33. The van der Waals surface area contributed by atoms with Crippen molar-refractivity contribution >= 4 is 22.9 Å². The van der Waals surface area contributed by atoms with Gasteiger partial charge in [-0.1, -0.05) is 60.7 Å². The lowest BCUT2D eigenvalue weighted by atomic mass is 9.91. The molecular formula is C26H28N6O5. The zero-order valence-corrected chi connectivity index (χ0v) is 20.1. The van der Waals surface area contributed by atoms with Crippen LogP contribution in [0.25, 0.3) is 11.2 Å². The number of benzene rings is 2. The van der Waals surface area contributed by atoms with E-state index in [0.29, 0.717) is 23.7 Å². The van der Waals surface area contributed by atoms with Crippen LogP contribution in [0, 0.1) is 6.92 Å². The zero-order valence-electron chi connectivity index (χ0n) is 20.1. The maximum Gasteiger partial charge on any atom is 0.286 e. The number of aromatic nitrogens is 4. The standard InChI is InChI=1S/C26H28N6O5/c1-14-29-19-23(28-12-17(15-8-4-2-5-9-15)16-10-6-3-7-11-16)30-24(22(27)36)31-25(19)32(14)26-21(35)20(34)18(13-33)37-26/h2-11,17-18,20-21,26,33-35H,12-13H2,1H3,(H2,27,36)(H,28,30,31)/t18-,20-,21-,26-/m1/s1. The summed E-state index contributed by atoms with van der Waals surface area (Å²) in [4.78, 5) is 25.3. The molecule has 0 bridgehead atoms. The van der Waals surface area contributed by atoms with E-state index in [9.17, 15) is 20.1 Å². The molecule has 5 rings (SSSR count). The Morgan fingerprint density at radius 1 is 1.03 bits per heavy atom. The van der Waals surface area contributed by atoms with Gasteiger partial charge in [-0.2, -0.15) is 0 Å². The number of amides is 1. The molecule has 1 aliphatic heterocycles. The van der Waals surface area contributed by atoms with Gasteiger partial charge in [0.1, 0.15) is 24.1 Å². The second-order valence-electron chi connectivity index (χ2n) is 8.95. The van der Waals surface area contributed by atoms with Crippen LogP contribution in [0.3, 0.4) is 0 Å². The number of aliphatic hydroxyl groups is 3. The monoisotopic (exact) mass is 504 g/mol. The minimum Gasteiger partial charge on any atom is -0.394 e. The molecule has 1 fully saturated rings. The lowest BCUT2D eigenvalue weighted by molar-refractivity contribution is -0.0519. The first-order valence-corrected chi connectivity index (χ1v) is 11.9. The minimum absolute atomic E-state index is 0.0342. The Bertz CT molecular complexity index is 1360. The van der Waals surface area contributed by atoms with Crippen molar-refractivity contribution in [1.82, 2.24) is 19.5 Å². The van der Waals surface area contributed by atoms with Crippen molar-refractivity contribution < 1.29 is 24.9 Å². The molecule has 0 spiro atoms. The van der Waals surface area contributed by atoms with Gasteiger partial charge in [-0.15, -0.1) is 0 Å². The summed E-state index contributed by atoms with van der Waals surface area (Å²) in [5, 5.41) is 33.7. The third-order valence-electron chi connectivity index (χ3n) is 6.59. The Hall–Kier alpha value is -3.90. The number of nitrogens with one attached hydrogen (secondary N) is 1. The molecule has 0 unspecified atom stereocenters. The van der Waals surface area contributed by atoms with E-state index >= 15 is 0 Å². The number of anilines is 1. The number of nitrogens with zero attached hydrogens (tertiary/aromatic N) is 4. The number of aliphatic hydroxyl groups excluding tert-OH is 3. The van der Waals surface area contributed by atoms with Crippen molar-refractivity contribution in [1.29, 1.82) is 0 Å². The van der Waals surface area contributed by atoms with Gasteiger partial charge in [0, 0.05) is 12.5 Å². The van der Waals surface area contributed by atoms with E-state index in [1.807, 2.05) is 60.7 Å². The Kier molecular flexibility index (Phi) is 6.85. The van der Waals surface area contributed by atoms with Crippen LogP contribution in [-0.4, -0.2) is 72.2 Å². The normalized spacial score (nSPS) is 21.5. The molecule has 11 nitrogen and oxygen atoms in total. The molecule has 11 heteroatoms. The largest absolute Gasteiger partial charge is 0.394 e. The predicted molar refractivity (Wildman–Crippen MR) is 135 cm³/mol. The van der Waals surface area contributed by atoms with Crippen LogP contribution in [-0.2, 0) is 4.74 Å². The van der Waals surface area contributed by atoms with Gasteiger partial charge in [0.15, 0.2) is 23.2 Å². The number of ether oxygens (including phenoxy) is 1. The molecular weight excluding hydrogens is 476 g/mol. The summed E-state index contributed by atoms with van der Waals surface area (Å²) in [5.41, 5.74) is 8.28. The molecule has 0 aliphatic carbocycles. The number of nitrogens with two attached hydrogens (primary N) is 1. The van der Waals surface area contributed by atoms with Crippen LogP contribution in [0.5, 0.6) is 0 Å². The van der Waals surface area contributed by atoms with Gasteiger partial charge in [-0.25, -0.2) is 15.0 Å². The van der Waals surface area contributed by atoms with Crippen LogP contribution < -0.4 is 11.1 Å². The van der Waals surface area contributed by atoms with E-state index in [1.54, 1.807) is 6.92 Å². The number of fused-ring (bicyclic) bond motifs is 1. The number of carbonyl (C=O) groups is 1. The quantitative estimate of drug-likeness (QED) is 0.236. The lowest BCUT2D eigenvalue weighted by Gasteiger charge is -2.20. The summed E-state index contributed by atoms with van der Waals surface area (Å²) < 4.78 is 7.17. The van der Waals surface area contributed by atoms with E-state index < -0.39 is 37.1 Å². The maximum atomic E-state index is 12.1. The average molecular weight is 505 g/mol. The highest BCUT2D eigenvalue weighted by Crippen LogP contribution is 2.34. The fraction of sp³-hybridized carbons (Fsp3) is 0.308. The number of rotatable bonds is 8. The summed E-state index contributed by atoms with van der Waals surface area (Å²) >= 11 is 0. The minimum atomic E-state index is -1.35. The number of primary amides is 1. The molecule has 2 aromatic heterocycles. The van der Waals surface area contributed by atoms with E-state index in [2.05, 4.69) is 20.3 Å². The third-order valence-corrected chi connectivity index (χ3v) is 6.59. The van der Waals surface area contributed by atoms with Gasteiger partial charge < -0.3 is 31.1 Å². The topological polar surface area (TPSA) is 169 Å². The second kappa shape index (κ2) is 10.2. The molecule has 1 amide bonds. The number of hydrogen-bond donors (Lipinski definition) is 5. The van der Waals surface area contributed by atoms with Crippen molar-refractivity contribution in [3.63, 3.8) is 0 Å². The predicted octanol–water partition coefficient (Wildman–Crippen LogP) is 1.09. The molecule has 4 aromatic rings. The third kappa shape index (κ3) is 4.65. The highest BCUT2D eigenvalue weighted by molar-refractivity contribution is 5.93. The molecule has 37 heavy (non-hydrogen) atoms. The Balaban J connectivity index is 1.55. The summed E-state index contributed by atoms with van der Waals surface area (Å²) in [7, 11) is 0. The highest BCUT2D eigenvalue weighted by atomic mass is 16.6. The Labute approximate surface area is 212 Å². The van der Waals surface area contributed by atoms with E-state index in [-0.39, 0.29) is 17.4 Å². The van der Waals surface area contributed by atoms with Crippen molar-refractivity contribution in [2.45, 2.75) is 37.4 Å². The van der Waals surface area contributed by atoms with E-state index in [0.717, 1.165) is 11.1 Å². The first-order valence-electron chi connectivity index (χ1n) is 11.9. The summed E-state index contributed by atoms with van der Waals surface area (Å²) in [6.45, 7) is 1.63. The van der Waals surface area contributed by atoms with Gasteiger partial charge >= 0.3 is 0 Å². The summed E-state index contributed by atoms with van der Waals surface area (Å²) in [6.07, 6.45) is -4.72. The first kappa shape index (κ1) is 24.8. The molecule has 2 aromatic carbocycles. The molecule has 4 atom stereocenters. The van der Waals surface area contributed by atoms with Gasteiger partial charge in [0.2, 0.25) is 5.82 Å². The fourth-order valence-corrected chi connectivity index (χ4v) is 4.71. The van der Waals surface area contributed by atoms with Gasteiger partial charge in [0.25, 0.3) is 5.91 Å². The average Bonchev–Trinajstić information content (AvgIpc) is 3.39. The van der Waals surface area contributed by atoms with E-state index in [1.165, 1.54) is 4.57 Å². The van der Waals surface area contributed by atoms with Crippen LogP contribution in [0.2, 0.25) is 0 Å². The second-order valence-corrected chi connectivity index (χ2v) is 8.95. The smallest absolute Gasteiger partial charge is 0.286 e. The van der Waals surface area contributed by atoms with E-state index in [4.69, 9.17) is 10.5 Å². The number of hydrogen-bond acceptors (Lipinski definition) is 9. The van der Waals surface area contributed by atoms with Crippen LogP contribution in [0.4, 0.5) is 5.82 Å². The van der Waals surface area contributed by atoms with Crippen molar-refractivity contribution in [2.75, 3.05) is 18.5 Å². The number of aryl methyl sites for hydroxylation is 1. The molecule has 0 saturated carbocycles. The molecule has 1 aliphatic rings. The van der Waals surface area contributed by atoms with Crippen LogP contribution >= 0.6 is 0 Å². The molecule has 0 radical (unpaired) electrons. The van der Waals surface area contributed by atoms with Crippen molar-refractivity contribution in [3.8, 4) is 0 Å². The van der Waals surface area contributed by atoms with Gasteiger partial charge in [0.05, 0.1) is 6.61 Å². The van der Waals surface area contributed by atoms with Crippen molar-refractivity contribution in [3.05, 3.63) is 83.4 Å². The number of imidazole rings is 1. The molecule has 1 saturated heterocycles. The molecule has 6 N–H and O–H groups in total. The molecule has 192 valence electrons. The first-order chi connectivity index (χ1) is 17.9. The fourth-order valence-electron chi connectivity index (χ4n) is 4.71. The Morgan fingerprint density at radius 3 is 2.19 bits per heavy atom. The maximum absolute atomic E-state index is 12.1.